The molecule has 0 bridgehead atoms. The van der Waals surface area contributed by atoms with Crippen molar-refractivity contribution in [3.63, 3.8) is 0 Å². The van der Waals surface area contributed by atoms with E-state index in [9.17, 15) is 0 Å². The molecule has 0 unspecified atom stereocenters. The van der Waals surface area contributed by atoms with E-state index in [-0.39, 0.29) is 0 Å². The van der Waals surface area contributed by atoms with Crippen LogP contribution < -0.4 is 0 Å². The van der Waals surface area contributed by atoms with Gasteiger partial charge in [-0.2, -0.15) is 0 Å². The normalized spacial score (nSPS) is 11.0. The highest BCUT2D eigenvalue weighted by atomic mass is 16.1. The Kier molecular flexibility index (Phi) is 22.3. The maximum atomic E-state index is 8.81. The van der Waals surface area contributed by atoms with Gasteiger partial charge >= 0.3 is 0 Å². The zero-order chi connectivity index (χ0) is 18.5. The third-order valence-electron chi connectivity index (χ3n) is 4.97. The van der Waals surface area contributed by atoms with Crippen LogP contribution in [0.25, 0.3) is 0 Å². The van der Waals surface area contributed by atoms with Crippen molar-refractivity contribution in [1.82, 2.24) is 0 Å². The first-order chi connectivity index (χ1) is 11.5. The first-order valence-electron chi connectivity index (χ1n) is 10.8. The Bertz CT molecular complexity index is 238. The molecule has 2 heteroatoms. The van der Waals surface area contributed by atoms with Gasteiger partial charge in [-0.05, 0) is 26.7 Å². The van der Waals surface area contributed by atoms with Crippen LogP contribution in [0.15, 0.2) is 0 Å². The molecule has 0 N–H and O–H groups in total. The maximum Gasteiger partial charge on any atom is 0.116 e. The Labute approximate surface area is 154 Å². The second-order valence-corrected chi connectivity index (χ2v) is 7.81. The van der Waals surface area contributed by atoms with E-state index in [2.05, 4.69) is 27.9 Å². The molecule has 0 aliphatic carbocycles. The minimum atomic E-state index is 0.750. The van der Waals surface area contributed by atoms with Gasteiger partial charge in [0.1, 0.15) is 6.29 Å². The van der Waals surface area contributed by atoms with E-state index in [1.54, 1.807) is 0 Å². The number of hydrogen-bond donors (Lipinski definition) is 0. The van der Waals surface area contributed by atoms with Crippen LogP contribution >= 0.6 is 0 Å². The van der Waals surface area contributed by atoms with Crippen LogP contribution in [0, 0.1) is 0 Å². The standard InChI is InChI=1S/C20H44N.C2H4O/c1-5-7-8-9-10-11-12-13-14-15-16-17-18-19-20-21(3,4)6-2;1-2-3/h5-20H2,1-4H3;2H,1H3/q+1;. The van der Waals surface area contributed by atoms with E-state index in [4.69, 9.17) is 4.79 Å². The van der Waals surface area contributed by atoms with Crippen molar-refractivity contribution in [3.05, 3.63) is 0 Å². The molecule has 0 aliphatic heterocycles. The monoisotopic (exact) mass is 342 g/mol. The third-order valence-corrected chi connectivity index (χ3v) is 4.97. The van der Waals surface area contributed by atoms with E-state index in [1.165, 1.54) is 114 Å². The van der Waals surface area contributed by atoms with Gasteiger partial charge in [0.05, 0.1) is 27.2 Å². The van der Waals surface area contributed by atoms with Crippen LogP contribution in [0.4, 0.5) is 0 Å². The molecule has 146 valence electrons. The number of quaternary nitrogens is 1. The molecule has 2 nitrogen and oxygen atoms in total. The predicted octanol–water partition coefficient (Wildman–Crippen LogP) is 6.77. The predicted molar refractivity (Wildman–Crippen MR) is 110 cm³/mol. The maximum absolute atomic E-state index is 8.81. The summed E-state index contributed by atoms with van der Waals surface area (Å²) in [6, 6.07) is 0. The van der Waals surface area contributed by atoms with Crippen molar-refractivity contribution < 1.29 is 9.28 Å². The van der Waals surface area contributed by atoms with Gasteiger partial charge in [0.2, 0.25) is 0 Å². The number of carbonyl (C=O) groups is 1. The molecule has 0 radical (unpaired) electrons. The summed E-state index contributed by atoms with van der Waals surface area (Å²) in [7, 11) is 4.70. The molecule has 0 spiro atoms. The minimum Gasteiger partial charge on any atom is -0.329 e. The lowest BCUT2D eigenvalue weighted by molar-refractivity contribution is -0.888. The first kappa shape index (κ1) is 25.9. The fraction of sp³-hybridized carbons (Fsp3) is 0.955. The summed E-state index contributed by atoms with van der Waals surface area (Å²) >= 11 is 0. The Balaban J connectivity index is 0. The van der Waals surface area contributed by atoms with Crippen LogP contribution in [0.1, 0.15) is 111 Å². The minimum absolute atomic E-state index is 0.750. The number of hydrogen-bond acceptors (Lipinski definition) is 1. The summed E-state index contributed by atoms with van der Waals surface area (Å²) in [5.74, 6) is 0. The van der Waals surface area contributed by atoms with Crippen LogP contribution in [0.2, 0.25) is 0 Å². The molecule has 0 fully saturated rings. The van der Waals surface area contributed by atoms with Gasteiger partial charge in [-0.25, -0.2) is 0 Å². The number of unbranched alkanes of at least 4 members (excludes halogenated alkanes) is 13. The molecule has 0 amide bonds. The number of aldehydes is 1. The Morgan fingerprint density at radius 2 is 0.917 bits per heavy atom. The summed E-state index contributed by atoms with van der Waals surface area (Å²) in [5.41, 5.74) is 0. The number of nitrogens with zero attached hydrogens (tertiary/aromatic N) is 1. The van der Waals surface area contributed by atoms with Crippen molar-refractivity contribution in [2.45, 2.75) is 111 Å². The topological polar surface area (TPSA) is 17.1 Å². The molecule has 0 heterocycles. The average Bonchev–Trinajstić information content (AvgIpc) is 2.56. The second-order valence-electron chi connectivity index (χ2n) is 7.81. The third kappa shape index (κ3) is 23.9. The fourth-order valence-electron chi connectivity index (χ4n) is 2.89. The molecule has 0 saturated carbocycles. The van der Waals surface area contributed by atoms with E-state index in [1.807, 2.05) is 0 Å². The van der Waals surface area contributed by atoms with Crippen LogP contribution in [0.5, 0.6) is 0 Å². The largest absolute Gasteiger partial charge is 0.329 e. The molecule has 0 aromatic carbocycles. The summed E-state index contributed by atoms with van der Waals surface area (Å²) in [4.78, 5) is 8.81. The number of rotatable bonds is 16. The first-order valence-corrected chi connectivity index (χ1v) is 10.8. The van der Waals surface area contributed by atoms with Gasteiger partial charge in [0.15, 0.2) is 0 Å². The highest BCUT2D eigenvalue weighted by Crippen LogP contribution is 2.13. The fourth-order valence-corrected chi connectivity index (χ4v) is 2.89. The zero-order valence-corrected chi connectivity index (χ0v) is 17.7. The Morgan fingerprint density at radius 1 is 0.625 bits per heavy atom. The lowest BCUT2D eigenvalue weighted by Crippen LogP contribution is -2.39. The van der Waals surface area contributed by atoms with Gasteiger partial charge in [0.25, 0.3) is 0 Å². The van der Waals surface area contributed by atoms with Crippen LogP contribution in [0.3, 0.4) is 0 Å². The summed E-state index contributed by atoms with van der Waals surface area (Å²) in [6.45, 7) is 8.65. The smallest absolute Gasteiger partial charge is 0.116 e. The van der Waals surface area contributed by atoms with Crippen molar-refractivity contribution in [3.8, 4) is 0 Å². The van der Waals surface area contributed by atoms with Gasteiger partial charge in [-0.15, -0.1) is 0 Å². The lowest BCUT2D eigenvalue weighted by atomic mass is 10.0. The van der Waals surface area contributed by atoms with Gasteiger partial charge in [-0.3, -0.25) is 0 Å². The van der Waals surface area contributed by atoms with Crippen LogP contribution in [-0.2, 0) is 4.79 Å². The van der Waals surface area contributed by atoms with Crippen molar-refractivity contribution >= 4 is 6.29 Å². The quantitative estimate of drug-likeness (QED) is 0.172. The van der Waals surface area contributed by atoms with E-state index in [0.717, 1.165) is 6.29 Å². The SMILES string of the molecule is CC=O.CCCCCCCCCCCCCCCC[N+](C)(C)CC. The van der Waals surface area contributed by atoms with Gasteiger partial charge in [-0.1, -0.05) is 84.0 Å². The van der Waals surface area contributed by atoms with Crippen molar-refractivity contribution in [2.75, 3.05) is 27.2 Å². The Hall–Kier alpha value is -0.370. The average molecular weight is 343 g/mol. The van der Waals surface area contributed by atoms with Crippen LogP contribution in [-0.4, -0.2) is 38.0 Å². The molecule has 0 aliphatic rings. The lowest BCUT2D eigenvalue weighted by Gasteiger charge is -2.28. The van der Waals surface area contributed by atoms with Crippen molar-refractivity contribution in [2.24, 2.45) is 0 Å². The Morgan fingerprint density at radius 3 is 1.21 bits per heavy atom. The molecule has 0 aromatic rings. The number of carbonyl (C=O) groups excluding carboxylic acids is 1. The van der Waals surface area contributed by atoms with E-state index < -0.39 is 0 Å². The van der Waals surface area contributed by atoms with E-state index in [0.29, 0.717) is 0 Å². The highest BCUT2D eigenvalue weighted by molar-refractivity contribution is 5.44. The summed E-state index contributed by atoms with van der Waals surface area (Å²) in [5, 5.41) is 0. The summed E-state index contributed by atoms with van der Waals surface area (Å²) < 4.78 is 1.19. The summed E-state index contributed by atoms with van der Waals surface area (Å²) in [6.07, 6.45) is 21.1. The molecule has 0 rings (SSSR count). The van der Waals surface area contributed by atoms with E-state index >= 15 is 0 Å². The zero-order valence-electron chi connectivity index (χ0n) is 17.7. The van der Waals surface area contributed by atoms with Gasteiger partial charge < -0.3 is 9.28 Å². The van der Waals surface area contributed by atoms with Crippen molar-refractivity contribution in [1.29, 1.82) is 0 Å². The molecular formula is C22H48NO+. The van der Waals surface area contributed by atoms with Gasteiger partial charge in [0, 0.05) is 0 Å². The molecule has 0 atom stereocenters. The second kappa shape index (κ2) is 20.7. The molecule has 24 heavy (non-hydrogen) atoms. The highest BCUT2D eigenvalue weighted by Gasteiger charge is 2.09. The molecule has 0 aromatic heterocycles. The molecule has 0 saturated heterocycles. The molecular weight excluding hydrogens is 294 g/mol.